The van der Waals surface area contributed by atoms with Gasteiger partial charge in [0.2, 0.25) is 5.95 Å². The van der Waals surface area contributed by atoms with Gasteiger partial charge in [0.25, 0.3) is 0 Å². The zero-order chi connectivity index (χ0) is 13.3. The normalized spacial score (nSPS) is 15.0. The van der Waals surface area contributed by atoms with Crippen LogP contribution < -0.4 is 11.1 Å². The van der Waals surface area contributed by atoms with Gasteiger partial charge in [0.15, 0.2) is 5.65 Å². The van der Waals surface area contributed by atoms with Gasteiger partial charge < -0.3 is 11.1 Å². The first-order valence-corrected chi connectivity index (χ1v) is 5.95. The van der Waals surface area contributed by atoms with E-state index in [0.717, 1.165) is 0 Å². The highest BCUT2D eigenvalue weighted by molar-refractivity contribution is 5.44. The van der Waals surface area contributed by atoms with Crippen molar-refractivity contribution in [3.63, 3.8) is 0 Å². The number of nitrogens with one attached hydrogen (secondary N) is 1. The first-order chi connectivity index (χ1) is 8.44. The quantitative estimate of drug-likeness (QED) is 0.867. The van der Waals surface area contributed by atoms with Gasteiger partial charge in [-0.05, 0) is 25.0 Å². The summed E-state index contributed by atoms with van der Waals surface area (Å²) in [6, 6.07) is 2.95. The van der Waals surface area contributed by atoms with Crippen molar-refractivity contribution in [1.82, 2.24) is 14.6 Å². The van der Waals surface area contributed by atoms with Gasteiger partial charge >= 0.3 is 0 Å². The van der Waals surface area contributed by atoms with E-state index in [9.17, 15) is 4.39 Å². The van der Waals surface area contributed by atoms with E-state index in [1.165, 1.54) is 16.8 Å². The molecule has 0 aliphatic rings. The fourth-order valence-electron chi connectivity index (χ4n) is 1.60. The zero-order valence-corrected chi connectivity index (χ0v) is 10.8. The highest BCUT2D eigenvalue weighted by atomic mass is 19.1. The predicted octanol–water partition coefficient (Wildman–Crippen LogP) is 1.65. The minimum Gasteiger partial charge on any atom is -0.346 e. The summed E-state index contributed by atoms with van der Waals surface area (Å²) in [6.45, 7) is 6.64. The molecule has 0 saturated carbocycles. The van der Waals surface area contributed by atoms with E-state index in [1.807, 2.05) is 6.92 Å². The molecule has 3 N–H and O–H groups in total. The Hall–Kier alpha value is -1.69. The Morgan fingerprint density at radius 1 is 1.50 bits per heavy atom. The smallest absolute Gasteiger partial charge is 0.243 e. The maximum absolute atomic E-state index is 13.0. The van der Waals surface area contributed by atoms with Crippen LogP contribution in [0.3, 0.4) is 0 Å². The van der Waals surface area contributed by atoms with Crippen molar-refractivity contribution in [2.75, 3.05) is 11.9 Å². The first kappa shape index (κ1) is 12.8. The van der Waals surface area contributed by atoms with E-state index in [0.29, 0.717) is 24.1 Å². The lowest BCUT2D eigenvalue weighted by Crippen LogP contribution is -2.47. The molecule has 0 fully saturated rings. The molecule has 0 aliphatic heterocycles. The Morgan fingerprint density at radius 3 is 2.83 bits per heavy atom. The maximum Gasteiger partial charge on any atom is 0.243 e. The fraction of sp³-hybridized carbons (Fsp3) is 0.500. The zero-order valence-electron chi connectivity index (χ0n) is 10.8. The largest absolute Gasteiger partial charge is 0.346 e. The Labute approximate surface area is 105 Å². The number of anilines is 1. The second-order valence-corrected chi connectivity index (χ2v) is 4.99. The van der Waals surface area contributed by atoms with Crippen LogP contribution in [0.25, 0.3) is 5.65 Å². The Balaban J connectivity index is 2.32. The molecule has 1 unspecified atom stereocenters. The van der Waals surface area contributed by atoms with Gasteiger partial charge in [0, 0.05) is 6.54 Å². The van der Waals surface area contributed by atoms with E-state index >= 15 is 0 Å². The molecule has 2 aromatic heterocycles. The van der Waals surface area contributed by atoms with Crippen LogP contribution in [0, 0.1) is 11.7 Å². The number of pyridine rings is 1. The van der Waals surface area contributed by atoms with E-state index in [4.69, 9.17) is 5.73 Å². The summed E-state index contributed by atoms with van der Waals surface area (Å²) in [6.07, 6.45) is 1.29. The summed E-state index contributed by atoms with van der Waals surface area (Å²) in [7, 11) is 0. The summed E-state index contributed by atoms with van der Waals surface area (Å²) < 4.78 is 14.5. The molecule has 0 spiro atoms. The third-order valence-corrected chi connectivity index (χ3v) is 3.39. The van der Waals surface area contributed by atoms with Crippen LogP contribution in [0.2, 0.25) is 0 Å². The Kier molecular flexibility index (Phi) is 3.21. The maximum atomic E-state index is 13.0. The van der Waals surface area contributed by atoms with Crippen molar-refractivity contribution in [2.45, 2.75) is 26.3 Å². The summed E-state index contributed by atoms with van der Waals surface area (Å²) in [5.74, 6) is 0.442. The molecule has 0 saturated heterocycles. The number of halogens is 1. The van der Waals surface area contributed by atoms with Gasteiger partial charge in [-0.2, -0.15) is 4.98 Å². The third-order valence-electron chi connectivity index (χ3n) is 3.39. The molecule has 0 radical (unpaired) electrons. The van der Waals surface area contributed by atoms with Crippen LogP contribution in [-0.2, 0) is 0 Å². The molecule has 2 rings (SSSR count). The molecule has 5 nitrogen and oxygen atoms in total. The number of nitrogens with two attached hydrogens (primary N) is 1. The molecule has 0 aliphatic carbocycles. The van der Waals surface area contributed by atoms with Crippen LogP contribution in [0.4, 0.5) is 10.3 Å². The molecule has 2 aromatic rings. The van der Waals surface area contributed by atoms with Crippen LogP contribution in [-0.4, -0.2) is 26.7 Å². The van der Waals surface area contributed by atoms with Crippen LogP contribution in [0.5, 0.6) is 0 Å². The average Bonchev–Trinajstić information content (AvgIpc) is 2.69. The molecule has 0 bridgehead atoms. The topological polar surface area (TPSA) is 68.2 Å². The summed E-state index contributed by atoms with van der Waals surface area (Å²) >= 11 is 0. The van der Waals surface area contributed by atoms with Crippen molar-refractivity contribution in [2.24, 2.45) is 11.7 Å². The molecule has 0 amide bonds. The highest BCUT2D eigenvalue weighted by Gasteiger charge is 2.27. The van der Waals surface area contributed by atoms with E-state index in [2.05, 4.69) is 29.2 Å². The molecule has 1 atom stereocenters. The lowest BCUT2D eigenvalue weighted by atomic mass is 9.89. The summed E-state index contributed by atoms with van der Waals surface area (Å²) in [5, 5.41) is 7.41. The standard InChI is InChI=1S/C12H18FN5/c1-8(2)12(3,7-14)16-11-15-10-5-4-9(13)6-18(10)17-11/h4-6,8H,7,14H2,1-3H3,(H,16,17). The van der Waals surface area contributed by atoms with Crippen LogP contribution >= 0.6 is 0 Å². The van der Waals surface area contributed by atoms with Gasteiger partial charge in [-0.1, -0.05) is 13.8 Å². The van der Waals surface area contributed by atoms with Crippen molar-refractivity contribution in [3.8, 4) is 0 Å². The SMILES string of the molecule is CC(C)C(C)(CN)Nc1nc2ccc(F)cn2n1. The van der Waals surface area contributed by atoms with Gasteiger partial charge in [0.1, 0.15) is 5.82 Å². The van der Waals surface area contributed by atoms with Crippen molar-refractivity contribution in [1.29, 1.82) is 0 Å². The van der Waals surface area contributed by atoms with Crippen molar-refractivity contribution >= 4 is 11.6 Å². The van der Waals surface area contributed by atoms with Gasteiger partial charge in [-0.25, -0.2) is 8.91 Å². The molecule has 6 heteroatoms. The second-order valence-electron chi connectivity index (χ2n) is 4.99. The van der Waals surface area contributed by atoms with Crippen LogP contribution in [0.1, 0.15) is 20.8 Å². The van der Waals surface area contributed by atoms with Crippen molar-refractivity contribution < 1.29 is 4.39 Å². The number of hydrogen-bond acceptors (Lipinski definition) is 4. The number of aromatic nitrogens is 3. The highest BCUT2D eigenvalue weighted by Crippen LogP contribution is 2.20. The van der Waals surface area contributed by atoms with Gasteiger partial charge in [-0.15, -0.1) is 5.10 Å². The van der Waals surface area contributed by atoms with Gasteiger partial charge in [0.05, 0.1) is 11.7 Å². The van der Waals surface area contributed by atoms with Crippen LogP contribution in [0.15, 0.2) is 18.3 Å². The van der Waals surface area contributed by atoms with Gasteiger partial charge in [-0.3, -0.25) is 0 Å². The summed E-state index contributed by atoms with van der Waals surface area (Å²) in [4.78, 5) is 4.29. The molecule has 0 aromatic carbocycles. The lowest BCUT2D eigenvalue weighted by molar-refractivity contribution is 0.380. The lowest BCUT2D eigenvalue weighted by Gasteiger charge is -2.32. The molecular weight excluding hydrogens is 233 g/mol. The molecule has 2 heterocycles. The van der Waals surface area contributed by atoms with E-state index < -0.39 is 0 Å². The number of hydrogen-bond donors (Lipinski definition) is 2. The Bertz CT molecular complexity index is 550. The summed E-state index contributed by atoms with van der Waals surface area (Å²) in [5.41, 5.74) is 6.10. The monoisotopic (exact) mass is 251 g/mol. The number of fused-ring (bicyclic) bond motifs is 1. The molecule has 18 heavy (non-hydrogen) atoms. The predicted molar refractivity (Wildman–Crippen MR) is 68.9 cm³/mol. The molecule has 98 valence electrons. The van der Waals surface area contributed by atoms with E-state index in [1.54, 1.807) is 6.07 Å². The first-order valence-electron chi connectivity index (χ1n) is 5.95. The van der Waals surface area contributed by atoms with E-state index in [-0.39, 0.29) is 11.4 Å². The third kappa shape index (κ3) is 2.28. The average molecular weight is 251 g/mol. The minimum absolute atomic E-state index is 0.288. The fourth-order valence-corrected chi connectivity index (χ4v) is 1.60. The molecular formula is C12H18FN5. The minimum atomic E-state index is -0.343. The Morgan fingerprint density at radius 2 is 2.22 bits per heavy atom. The van der Waals surface area contributed by atoms with Crippen molar-refractivity contribution in [3.05, 3.63) is 24.1 Å². The second kappa shape index (κ2) is 4.53. The number of rotatable bonds is 4. The number of nitrogens with zero attached hydrogens (tertiary/aromatic N) is 3.